The first-order valence-electron chi connectivity index (χ1n) is 4.07. The van der Waals surface area contributed by atoms with Gasteiger partial charge in [-0.15, -0.1) is 0 Å². The highest BCUT2D eigenvalue weighted by molar-refractivity contribution is 4.75. The lowest BCUT2D eigenvalue weighted by atomic mass is 9.82. The molecule has 1 saturated carbocycles. The van der Waals surface area contributed by atoms with E-state index in [1.807, 2.05) is 6.92 Å². The van der Waals surface area contributed by atoms with Crippen molar-refractivity contribution in [3.8, 4) is 0 Å². The minimum absolute atomic E-state index is 0.260. The minimum Gasteiger partial charge on any atom is -0.171 e. The molecule has 1 unspecified atom stereocenters. The Balaban J connectivity index is 2.46. The first kappa shape index (κ1) is 8.88. The molecule has 1 rings (SSSR count). The van der Waals surface area contributed by atoms with Gasteiger partial charge < -0.3 is 0 Å². The van der Waals surface area contributed by atoms with Gasteiger partial charge in [-0.3, -0.25) is 0 Å². The standard InChI is InChI=1S/C8H13F3/c1-6-3-2-4-7(5-6)8(9,10)11/h6-7H,2-5H2,1H3/t6?,7-/m1/s1. The van der Waals surface area contributed by atoms with Crippen molar-refractivity contribution in [2.24, 2.45) is 11.8 Å². The van der Waals surface area contributed by atoms with Crippen LogP contribution in [0, 0.1) is 11.8 Å². The van der Waals surface area contributed by atoms with Crippen LogP contribution in [-0.4, -0.2) is 6.18 Å². The lowest BCUT2D eigenvalue weighted by molar-refractivity contribution is -0.185. The lowest BCUT2D eigenvalue weighted by Crippen LogP contribution is -2.27. The zero-order valence-electron chi connectivity index (χ0n) is 6.62. The molecule has 11 heavy (non-hydrogen) atoms. The second kappa shape index (κ2) is 3.03. The Hall–Kier alpha value is -0.210. The van der Waals surface area contributed by atoms with Crippen LogP contribution in [0.1, 0.15) is 32.6 Å². The highest BCUT2D eigenvalue weighted by Gasteiger charge is 2.41. The Morgan fingerprint density at radius 3 is 2.18 bits per heavy atom. The van der Waals surface area contributed by atoms with Crippen molar-refractivity contribution in [2.45, 2.75) is 38.8 Å². The molecule has 66 valence electrons. The molecule has 0 N–H and O–H groups in total. The Labute approximate surface area is 64.8 Å². The Morgan fingerprint density at radius 2 is 1.82 bits per heavy atom. The molecule has 0 bridgehead atoms. The van der Waals surface area contributed by atoms with Crippen molar-refractivity contribution in [3.05, 3.63) is 0 Å². The number of alkyl halides is 3. The highest BCUT2D eigenvalue weighted by atomic mass is 19.4. The summed E-state index contributed by atoms with van der Waals surface area (Å²) in [6.07, 6.45) is -1.57. The van der Waals surface area contributed by atoms with E-state index in [4.69, 9.17) is 0 Å². The van der Waals surface area contributed by atoms with Crippen LogP contribution in [0.15, 0.2) is 0 Å². The van der Waals surface area contributed by atoms with Gasteiger partial charge in [-0.1, -0.05) is 19.8 Å². The molecule has 0 saturated heterocycles. The molecule has 3 heteroatoms. The Kier molecular flexibility index (Phi) is 2.45. The van der Waals surface area contributed by atoms with E-state index in [1.165, 1.54) is 0 Å². The molecule has 1 aliphatic carbocycles. The van der Waals surface area contributed by atoms with Gasteiger partial charge in [0.15, 0.2) is 0 Å². The van der Waals surface area contributed by atoms with E-state index in [1.54, 1.807) is 0 Å². The van der Waals surface area contributed by atoms with Crippen molar-refractivity contribution >= 4 is 0 Å². The molecule has 0 amide bonds. The van der Waals surface area contributed by atoms with E-state index in [0.717, 1.165) is 12.8 Å². The lowest BCUT2D eigenvalue weighted by Gasteiger charge is -2.28. The molecule has 0 aliphatic heterocycles. The van der Waals surface area contributed by atoms with Crippen molar-refractivity contribution in [3.63, 3.8) is 0 Å². The first-order valence-corrected chi connectivity index (χ1v) is 4.07. The van der Waals surface area contributed by atoms with Gasteiger partial charge in [-0.05, 0) is 18.8 Å². The average molecular weight is 166 g/mol. The molecule has 2 atom stereocenters. The first-order chi connectivity index (χ1) is 5.00. The molecule has 0 aromatic heterocycles. The van der Waals surface area contributed by atoms with Crippen LogP contribution >= 0.6 is 0 Å². The Morgan fingerprint density at radius 1 is 1.18 bits per heavy atom. The maximum absolute atomic E-state index is 12.1. The van der Waals surface area contributed by atoms with Crippen LogP contribution < -0.4 is 0 Å². The predicted octanol–water partition coefficient (Wildman–Crippen LogP) is 3.38. The summed E-state index contributed by atoms with van der Waals surface area (Å²) >= 11 is 0. The summed E-state index contributed by atoms with van der Waals surface area (Å²) in [6.45, 7) is 1.90. The third-order valence-electron chi connectivity index (χ3n) is 2.40. The van der Waals surface area contributed by atoms with Gasteiger partial charge in [0, 0.05) is 0 Å². The number of hydrogen-bond acceptors (Lipinski definition) is 0. The van der Waals surface area contributed by atoms with Crippen molar-refractivity contribution in [2.75, 3.05) is 0 Å². The van der Waals surface area contributed by atoms with Crippen LogP contribution in [0.5, 0.6) is 0 Å². The quantitative estimate of drug-likeness (QED) is 0.517. The second-order valence-electron chi connectivity index (χ2n) is 3.51. The summed E-state index contributed by atoms with van der Waals surface area (Å²) in [6, 6.07) is 0. The summed E-state index contributed by atoms with van der Waals surface area (Å²) in [5, 5.41) is 0. The fraction of sp³-hybridized carbons (Fsp3) is 1.00. The fourth-order valence-electron chi connectivity index (χ4n) is 1.73. The molecular formula is C8H13F3. The van der Waals surface area contributed by atoms with Gasteiger partial charge in [-0.25, -0.2) is 0 Å². The molecule has 0 radical (unpaired) electrons. The molecule has 0 heterocycles. The molecule has 1 fully saturated rings. The van der Waals surface area contributed by atoms with Gasteiger partial charge in [0.1, 0.15) is 0 Å². The van der Waals surface area contributed by atoms with Crippen LogP contribution in [0.3, 0.4) is 0 Å². The van der Waals surface area contributed by atoms with Gasteiger partial charge >= 0.3 is 6.18 Å². The maximum Gasteiger partial charge on any atom is 0.391 e. The highest BCUT2D eigenvalue weighted by Crippen LogP contribution is 2.39. The topological polar surface area (TPSA) is 0 Å². The largest absolute Gasteiger partial charge is 0.391 e. The molecular weight excluding hydrogens is 153 g/mol. The van der Waals surface area contributed by atoms with Crippen molar-refractivity contribution in [1.29, 1.82) is 0 Å². The van der Waals surface area contributed by atoms with Crippen LogP contribution in [0.25, 0.3) is 0 Å². The Bertz CT molecular complexity index is 128. The van der Waals surface area contributed by atoms with E-state index in [9.17, 15) is 13.2 Å². The second-order valence-corrected chi connectivity index (χ2v) is 3.51. The minimum atomic E-state index is -3.95. The smallest absolute Gasteiger partial charge is 0.171 e. The molecule has 1 aliphatic rings. The van der Waals surface area contributed by atoms with Crippen LogP contribution in [0.2, 0.25) is 0 Å². The zero-order valence-corrected chi connectivity index (χ0v) is 6.62. The number of hydrogen-bond donors (Lipinski definition) is 0. The van der Waals surface area contributed by atoms with Gasteiger partial charge in [0.05, 0.1) is 5.92 Å². The van der Waals surface area contributed by atoms with Gasteiger partial charge in [-0.2, -0.15) is 13.2 Å². The van der Waals surface area contributed by atoms with Gasteiger partial charge in [0.25, 0.3) is 0 Å². The molecule has 0 spiro atoms. The van der Waals surface area contributed by atoms with E-state index < -0.39 is 12.1 Å². The monoisotopic (exact) mass is 166 g/mol. The normalized spacial score (nSPS) is 33.8. The van der Waals surface area contributed by atoms with Crippen molar-refractivity contribution < 1.29 is 13.2 Å². The summed E-state index contributed by atoms with van der Waals surface area (Å²) in [5.41, 5.74) is 0. The molecule has 0 aromatic carbocycles. The number of rotatable bonds is 0. The van der Waals surface area contributed by atoms with E-state index in [-0.39, 0.29) is 5.92 Å². The van der Waals surface area contributed by atoms with Crippen molar-refractivity contribution in [1.82, 2.24) is 0 Å². The van der Waals surface area contributed by atoms with Gasteiger partial charge in [0.2, 0.25) is 0 Å². The molecule has 0 aromatic rings. The van der Waals surface area contributed by atoms with E-state index in [0.29, 0.717) is 12.8 Å². The predicted molar refractivity (Wildman–Crippen MR) is 37.2 cm³/mol. The summed E-state index contributed by atoms with van der Waals surface area (Å²) in [4.78, 5) is 0. The third kappa shape index (κ3) is 2.38. The summed E-state index contributed by atoms with van der Waals surface area (Å²) in [7, 11) is 0. The molecule has 0 nitrogen and oxygen atoms in total. The fourth-order valence-corrected chi connectivity index (χ4v) is 1.73. The van der Waals surface area contributed by atoms with E-state index >= 15 is 0 Å². The SMILES string of the molecule is CC1CCC[C@@H](C(F)(F)F)C1. The average Bonchev–Trinajstić information content (AvgIpc) is 1.86. The van der Waals surface area contributed by atoms with E-state index in [2.05, 4.69) is 0 Å². The van der Waals surface area contributed by atoms with Crippen LogP contribution in [0.4, 0.5) is 13.2 Å². The number of halogens is 3. The third-order valence-corrected chi connectivity index (χ3v) is 2.40. The maximum atomic E-state index is 12.1. The zero-order chi connectivity index (χ0) is 8.48. The summed E-state index contributed by atoms with van der Waals surface area (Å²) in [5.74, 6) is -0.762. The summed E-state index contributed by atoms with van der Waals surface area (Å²) < 4.78 is 36.3. The van der Waals surface area contributed by atoms with Crippen LogP contribution in [-0.2, 0) is 0 Å².